The molecule has 0 radical (unpaired) electrons. The number of nitriles is 1. The summed E-state index contributed by atoms with van der Waals surface area (Å²) in [6.45, 7) is 1.85. The standard InChI is InChI=1S/C9H8N4/c1-7(4-10)8-5-12-9-6-11-2-3-13(8)9/h2-3,5-7H,1H3. The highest BCUT2D eigenvalue weighted by atomic mass is 15.0. The minimum absolute atomic E-state index is 0.141. The number of imidazole rings is 1. The van der Waals surface area contributed by atoms with Gasteiger partial charge in [0.05, 0.1) is 30.1 Å². The van der Waals surface area contributed by atoms with Crippen LogP contribution in [0.2, 0.25) is 0 Å². The number of fused-ring (bicyclic) bond motifs is 1. The van der Waals surface area contributed by atoms with Gasteiger partial charge in [0.2, 0.25) is 0 Å². The van der Waals surface area contributed by atoms with Crippen LogP contribution in [0.4, 0.5) is 0 Å². The van der Waals surface area contributed by atoms with Gasteiger partial charge >= 0.3 is 0 Å². The molecule has 0 fully saturated rings. The van der Waals surface area contributed by atoms with Gasteiger partial charge in [-0.2, -0.15) is 5.26 Å². The first kappa shape index (κ1) is 7.74. The summed E-state index contributed by atoms with van der Waals surface area (Å²) in [6.07, 6.45) is 6.88. The van der Waals surface area contributed by atoms with E-state index in [1.807, 2.05) is 17.5 Å². The van der Waals surface area contributed by atoms with Crippen LogP contribution in [-0.2, 0) is 0 Å². The van der Waals surface area contributed by atoms with Crippen molar-refractivity contribution in [3.05, 3.63) is 30.5 Å². The third kappa shape index (κ3) is 1.14. The lowest BCUT2D eigenvalue weighted by Gasteiger charge is -2.00. The molecule has 0 aliphatic carbocycles. The number of hydrogen-bond acceptors (Lipinski definition) is 3. The molecule has 1 unspecified atom stereocenters. The number of aromatic nitrogens is 3. The van der Waals surface area contributed by atoms with Crippen molar-refractivity contribution >= 4 is 5.65 Å². The van der Waals surface area contributed by atoms with Crippen LogP contribution in [0.1, 0.15) is 18.5 Å². The molecule has 0 aliphatic rings. The first-order valence-corrected chi connectivity index (χ1v) is 3.99. The molecule has 4 heteroatoms. The molecule has 0 bridgehead atoms. The highest BCUT2D eigenvalue weighted by Crippen LogP contribution is 2.14. The van der Waals surface area contributed by atoms with E-state index in [-0.39, 0.29) is 5.92 Å². The third-order valence-corrected chi connectivity index (χ3v) is 1.98. The fraction of sp³-hybridized carbons (Fsp3) is 0.222. The maximum Gasteiger partial charge on any atom is 0.155 e. The average molecular weight is 172 g/mol. The second kappa shape index (κ2) is 2.87. The zero-order valence-electron chi connectivity index (χ0n) is 7.18. The Morgan fingerprint density at radius 2 is 2.38 bits per heavy atom. The van der Waals surface area contributed by atoms with E-state index < -0.39 is 0 Å². The smallest absolute Gasteiger partial charge is 0.155 e. The Balaban J connectivity index is 2.66. The molecular formula is C9H8N4. The molecule has 2 heterocycles. The molecule has 2 aromatic heterocycles. The number of rotatable bonds is 1. The van der Waals surface area contributed by atoms with Crippen molar-refractivity contribution in [3.8, 4) is 6.07 Å². The first-order chi connectivity index (χ1) is 6.33. The summed E-state index contributed by atoms with van der Waals surface area (Å²) in [6, 6.07) is 2.18. The van der Waals surface area contributed by atoms with E-state index in [2.05, 4.69) is 16.0 Å². The summed E-state index contributed by atoms with van der Waals surface area (Å²) in [4.78, 5) is 8.08. The highest BCUT2D eigenvalue weighted by molar-refractivity contribution is 5.38. The molecule has 0 amide bonds. The van der Waals surface area contributed by atoms with Crippen LogP contribution in [0, 0.1) is 11.3 Å². The van der Waals surface area contributed by atoms with E-state index in [0.717, 1.165) is 11.3 Å². The zero-order chi connectivity index (χ0) is 9.26. The van der Waals surface area contributed by atoms with Gasteiger partial charge in [0.1, 0.15) is 0 Å². The summed E-state index contributed by atoms with van der Waals surface area (Å²) in [5.41, 5.74) is 1.68. The number of nitrogens with zero attached hydrogens (tertiary/aromatic N) is 4. The summed E-state index contributed by atoms with van der Waals surface area (Å²) < 4.78 is 1.88. The van der Waals surface area contributed by atoms with Crippen LogP contribution in [0.15, 0.2) is 24.8 Å². The minimum Gasteiger partial charge on any atom is -0.300 e. The minimum atomic E-state index is -0.141. The summed E-state index contributed by atoms with van der Waals surface area (Å²) in [5.74, 6) is -0.141. The van der Waals surface area contributed by atoms with Gasteiger partial charge in [-0.1, -0.05) is 0 Å². The fourth-order valence-corrected chi connectivity index (χ4v) is 1.25. The molecule has 0 N–H and O–H groups in total. The van der Waals surface area contributed by atoms with E-state index in [1.165, 1.54) is 0 Å². The van der Waals surface area contributed by atoms with Gasteiger partial charge in [-0.15, -0.1) is 0 Å². The van der Waals surface area contributed by atoms with Crippen molar-refractivity contribution in [1.82, 2.24) is 14.4 Å². The van der Waals surface area contributed by atoms with Gasteiger partial charge in [0.15, 0.2) is 5.65 Å². The van der Waals surface area contributed by atoms with Crippen LogP contribution in [0.3, 0.4) is 0 Å². The van der Waals surface area contributed by atoms with E-state index in [4.69, 9.17) is 5.26 Å². The highest BCUT2D eigenvalue weighted by Gasteiger charge is 2.09. The second-order valence-electron chi connectivity index (χ2n) is 2.84. The maximum absolute atomic E-state index is 8.76. The van der Waals surface area contributed by atoms with E-state index >= 15 is 0 Å². The average Bonchev–Trinajstić information content (AvgIpc) is 2.60. The van der Waals surface area contributed by atoms with Crippen molar-refractivity contribution in [1.29, 1.82) is 5.26 Å². The molecule has 0 aliphatic heterocycles. The van der Waals surface area contributed by atoms with E-state index in [1.54, 1.807) is 18.6 Å². The van der Waals surface area contributed by atoms with Gasteiger partial charge in [0, 0.05) is 12.4 Å². The van der Waals surface area contributed by atoms with Crippen LogP contribution in [0.5, 0.6) is 0 Å². The van der Waals surface area contributed by atoms with Crippen molar-refractivity contribution in [2.45, 2.75) is 12.8 Å². The van der Waals surface area contributed by atoms with Gasteiger partial charge in [-0.25, -0.2) is 4.98 Å². The van der Waals surface area contributed by atoms with Crippen LogP contribution in [-0.4, -0.2) is 14.4 Å². The molecule has 13 heavy (non-hydrogen) atoms. The monoisotopic (exact) mass is 172 g/mol. The lowest BCUT2D eigenvalue weighted by Crippen LogP contribution is -1.95. The van der Waals surface area contributed by atoms with Gasteiger partial charge in [-0.05, 0) is 6.92 Å². The predicted molar refractivity (Wildman–Crippen MR) is 47.0 cm³/mol. The van der Waals surface area contributed by atoms with Crippen LogP contribution >= 0.6 is 0 Å². The quantitative estimate of drug-likeness (QED) is 0.652. The third-order valence-electron chi connectivity index (χ3n) is 1.98. The summed E-state index contributed by atoms with van der Waals surface area (Å²) in [7, 11) is 0. The van der Waals surface area contributed by atoms with Crippen molar-refractivity contribution in [3.63, 3.8) is 0 Å². The molecular weight excluding hydrogens is 164 g/mol. The Labute approximate surface area is 75.5 Å². The Kier molecular flexibility index (Phi) is 1.71. The largest absolute Gasteiger partial charge is 0.300 e. The molecule has 0 saturated carbocycles. The molecule has 1 atom stereocenters. The maximum atomic E-state index is 8.76. The van der Waals surface area contributed by atoms with Crippen LogP contribution < -0.4 is 0 Å². The van der Waals surface area contributed by atoms with Crippen molar-refractivity contribution in [2.24, 2.45) is 0 Å². The van der Waals surface area contributed by atoms with E-state index in [0.29, 0.717) is 0 Å². The molecule has 4 nitrogen and oxygen atoms in total. The molecule has 0 saturated heterocycles. The Hall–Kier alpha value is -1.89. The van der Waals surface area contributed by atoms with Gasteiger partial charge < -0.3 is 0 Å². The zero-order valence-corrected chi connectivity index (χ0v) is 7.18. The molecule has 2 aromatic rings. The molecule has 0 aromatic carbocycles. The molecule has 2 rings (SSSR count). The first-order valence-electron chi connectivity index (χ1n) is 3.99. The summed E-state index contributed by atoms with van der Waals surface area (Å²) >= 11 is 0. The normalized spacial score (nSPS) is 12.6. The Morgan fingerprint density at radius 3 is 3.15 bits per heavy atom. The SMILES string of the molecule is CC(C#N)c1cnc2cnccn12. The predicted octanol–water partition coefficient (Wildman–Crippen LogP) is 1.36. The van der Waals surface area contributed by atoms with Crippen LogP contribution in [0.25, 0.3) is 5.65 Å². The summed E-state index contributed by atoms with van der Waals surface area (Å²) in [5, 5.41) is 8.76. The second-order valence-corrected chi connectivity index (χ2v) is 2.84. The van der Waals surface area contributed by atoms with Gasteiger partial charge in [-0.3, -0.25) is 9.38 Å². The lowest BCUT2D eigenvalue weighted by atomic mass is 10.1. The Bertz CT molecular complexity index is 466. The van der Waals surface area contributed by atoms with Gasteiger partial charge in [0.25, 0.3) is 0 Å². The van der Waals surface area contributed by atoms with Crippen molar-refractivity contribution in [2.75, 3.05) is 0 Å². The lowest BCUT2D eigenvalue weighted by molar-refractivity contribution is 0.893. The fourth-order valence-electron chi connectivity index (χ4n) is 1.25. The molecule has 64 valence electrons. The topological polar surface area (TPSA) is 54.0 Å². The van der Waals surface area contributed by atoms with Crippen molar-refractivity contribution < 1.29 is 0 Å². The number of hydrogen-bond donors (Lipinski definition) is 0. The van der Waals surface area contributed by atoms with E-state index in [9.17, 15) is 0 Å². The Morgan fingerprint density at radius 1 is 1.54 bits per heavy atom. The molecule has 0 spiro atoms.